The van der Waals surface area contributed by atoms with Crippen LogP contribution in [0.15, 0.2) is 59.8 Å². The Balaban J connectivity index is 1.61. The van der Waals surface area contributed by atoms with Crippen molar-refractivity contribution in [2.75, 3.05) is 5.32 Å². The van der Waals surface area contributed by atoms with Crippen LogP contribution in [0.25, 0.3) is 10.8 Å². The minimum Gasteiger partial charge on any atom is -0.391 e. The van der Waals surface area contributed by atoms with E-state index in [1.807, 2.05) is 62.4 Å². The van der Waals surface area contributed by atoms with Crippen LogP contribution in [0.3, 0.4) is 0 Å². The smallest absolute Gasteiger partial charge is 0.270 e. The van der Waals surface area contributed by atoms with Crippen LogP contribution in [0.1, 0.15) is 16.7 Å². The van der Waals surface area contributed by atoms with E-state index in [9.17, 15) is 4.79 Å². The third-order valence-electron chi connectivity index (χ3n) is 4.02. The molecule has 0 atom stereocenters. The van der Waals surface area contributed by atoms with Crippen LogP contribution >= 0.6 is 11.6 Å². The molecule has 26 heavy (non-hydrogen) atoms. The molecule has 1 amide bonds. The Hall–Kier alpha value is -2.85. The number of aryl methyl sites for hydroxylation is 2. The summed E-state index contributed by atoms with van der Waals surface area (Å²) in [5, 5.41) is 9.25. The third-order valence-corrected chi connectivity index (χ3v) is 4.32. The molecule has 3 aromatic carbocycles. The molecule has 0 saturated heterocycles. The molecule has 0 heterocycles. The van der Waals surface area contributed by atoms with Gasteiger partial charge in [0.1, 0.15) is 12.8 Å². The second kappa shape index (κ2) is 8.02. The van der Waals surface area contributed by atoms with E-state index in [1.165, 1.54) is 0 Å². The van der Waals surface area contributed by atoms with E-state index >= 15 is 0 Å². The molecule has 3 rings (SSSR count). The first-order valence-corrected chi connectivity index (χ1v) is 8.62. The van der Waals surface area contributed by atoms with E-state index in [4.69, 9.17) is 16.4 Å². The molecule has 0 fully saturated rings. The van der Waals surface area contributed by atoms with Crippen LogP contribution in [0, 0.1) is 13.8 Å². The molecule has 0 aliphatic heterocycles. The number of hydrogen-bond acceptors (Lipinski definition) is 3. The number of fused-ring (bicyclic) bond motifs is 1. The quantitative estimate of drug-likeness (QED) is 0.495. The maximum atomic E-state index is 12.0. The lowest BCUT2D eigenvalue weighted by atomic mass is 10.1. The lowest BCUT2D eigenvalue weighted by molar-refractivity contribution is -0.110. The van der Waals surface area contributed by atoms with Crippen molar-refractivity contribution < 1.29 is 9.63 Å². The standard InChI is InChI=1S/C21H19ClN2O2/c1-14-10-15(2)21(19(22)11-14)24-20(25)12-23-26-13-17-8-5-7-16-6-3-4-9-18(16)17/h3-12H,13H2,1-2H3,(H,24,25)/b23-12+. The molecular weight excluding hydrogens is 348 g/mol. The zero-order valence-electron chi connectivity index (χ0n) is 14.6. The average molecular weight is 367 g/mol. The summed E-state index contributed by atoms with van der Waals surface area (Å²) >= 11 is 6.19. The van der Waals surface area contributed by atoms with E-state index in [-0.39, 0.29) is 6.61 Å². The van der Waals surface area contributed by atoms with Crippen LogP contribution in [0.4, 0.5) is 5.69 Å². The second-order valence-corrected chi connectivity index (χ2v) is 6.48. The van der Waals surface area contributed by atoms with Crippen molar-refractivity contribution in [3.05, 3.63) is 76.3 Å². The SMILES string of the molecule is Cc1cc(C)c(NC(=O)/C=N/OCc2cccc3ccccc23)c(Cl)c1. The number of amides is 1. The van der Waals surface area contributed by atoms with Crippen LogP contribution in [0.5, 0.6) is 0 Å². The molecule has 0 unspecified atom stereocenters. The average Bonchev–Trinajstić information content (AvgIpc) is 2.62. The summed E-state index contributed by atoms with van der Waals surface area (Å²) < 4.78 is 0. The van der Waals surface area contributed by atoms with Gasteiger partial charge in [-0.15, -0.1) is 0 Å². The molecule has 3 aromatic rings. The monoisotopic (exact) mass is 366 g/mol. The minimum atomic E-state index is -0.392. The molecule has 0 aromatic heterocycles. The van der Waals surface area contributed by atoms with E-state index in [2.05, 4.69) is 10.5 Å². The highest BCUT2D eigenvalue weighted by Crippen LogP contribution is 2.27. The summed E-state index contributed by atoms with van der Waals surface area (Å²) in [6, 6.07) is 17.8. The Morgan fingerprint density at radius 2 is 1.92 bits per heavy atom. The lowest BCUT2D eigenvalue weighted by Gasteiger charge is -2.09. The summed E-state index contributed by atoms with van der Waals surface area (Å²) in [5.41, 5.74) is 3.53. The first-order chi connectivity index (χ1) is 12.5. The summed E-state index contributed by atoms with van der Waals surface area (Å²) in [6.45, 7) is 4.13. The third kappa shape index (κ3) is 4.21. The van der Waals surface area contributed by atoms with Gasteiger partial charge in [0, 0.05) is 0 Å². The summed E-state index contributed by atoms with van der Waals surface area (Å²) in [6.07, 6.45) is 1.11. The van der Waals surface area contributed by atoms with Gasteiger partial charge in [-0.1, -0.05) is 65.3 Å². The molecule has 0 aliphatic carbocycles. The number of benzene rings is 3. The molecule has 0 saturated carbocycles. The number of halogens is 1. The Kier molecular flexibility index (Phi) is 5.54. The van der Waals surface area contributed by atoms with E-state index < -0.39 is 5.91 Å². The first kappa shape index (κ1) is 18.0. The number of carbonyl (C=O) groups excluding carboxylic acids is 1. The molecule has 0 bridgehead atoms. The highest BCUT2D eigenvalue weighted by molar-refractivity contribution is 6.37. The molecule has 0 spiro atoms. The Morgan fingerprint density at radius 1 is 1.15 bits per heavy atom. The maximum Gasteiger partial charge on any atom is 0.270 e. The lowest BCUT2D eigenvalue weighted by Crippen LogP contribution is -2.14. The van der Waals surface area contributed by atoms with Crippen molar-refractivity contribution in [2.45, 2.75) is 20.5 Å². The van der Waals surface area contributed by atoms with E-state index in [0.717, 1.165) is 33.7 Å². The van der Waals surface area contributed by atoms with Crippen LogP contribution in [0.2, 0.25) is 5.02 Å². The predicted octanol–water partition coefficient (Wildman–Crippen LogP) is 5.25. The van der Waals surface area contributed by atoms with Gasteiger partial charge >= 0.3 is 0 Å². The van der Waals surface area contributed by atoms with Crippen molar-refractivity contribution >= 4 is 40.2 Å². The molecule has 0 aliphatic rings. The van der Waals surface area contributed by atoms with Crippen molar-refractivity contribution in [2.24, 2.45) is 5.16 Å². The Bertz CT molecular complexity index is 954. The van der Waals surface area contributed by atoms with Gasteiger partial charge in [-0.05, 0) is 47.4 Å². The molecule has 1 N–H and O–H groups in total. The predicted molar refractivity (Wildman–Crippen MR) is 107 cm³/mol. The van der Waals surface area contributed by atoms with Gasteiger partial charge in [0.05, 0.1) is 10.7 Å². The Labute approximate surface area is 157 Å². The Morgan fingerprint density at radius 3 is 2.73 bits per heavy atom. The summed E-state index contributed by atoms with van der Waals surface area (Å²) in [7, 11) is 0. The van der Waals surface area contributed by atoms with E-state index in [0.29, 0.717) is 10.7 Å². The zero-order valence-corrected chi connectivity index (χ0v) is 15.4. The fraction of sp³-hybridized carbons (Fsp3) is 0.143. The van der Waals surface area contributed by atoms with Crippen molar-refractivity contribution in [3.63, 3.8) is 0 Å². The molecular formula is C21H19ClN2O2. The van der Waals surface area contributed by atoms with Crippen molar-refractivity contribution in [3.8, 4) is 0 Å². The van der Waals surface area contributed by atoms with Gasteiger partial charge in [0.15, 0.2) is 0 Å². The highest BCUT2D eigenvalue weighted by atomic mass is 35.5. The number of rotatable bonds is 5. The molecule has 0 radical (unpaired) electrons. The largest absolute Gasteiger partial charge is 0.391 e. The van der Waals surface area contributed by atoms with Gasteiger partial charge < -0.3 is 10.2 Å². The normalized spacial score (nSPS) is 11.0. The van der Waals surface area contributed by atoms with Gasteiger partial charge in [-0.25, -0.2) is 0 Å². The van der Waals surface area contributed by atoms with Crippen molar-refractivity contribution in [1.29, 1.82) is 0 Å². The molecule has 5 heteroatoms. The second-order valence-electron chi connectivity index (χ2n) is 6.07. The number of carbonyl (C=O) groups is 1. The number of anilines is 1. The number of oxime groups is 1. The molecule has 4 nitrogen and oxygen atoms in total. The van der Waals surface area contributed by atoms with Crippen LogP contribution in [-0.4, -0.2) is 12.1 Å². The molecule has 132 valence electrons. The number of nitrogens with zero attached hydrogens (tertiary/aromatic N) is 1. The topological polar surface area (TPSA) is 50.7 Å². The number of hydrogen-bond donors (Lipinski definition) is 1. The van der Waals surface area contributed by atoms with Crippen LogP contribution in [-0.2, 0) is 16.2 Å². The van der Waals surface area contributed by atoms with Crippen LogP contribution < -0.4 is 5.32 Å². The fourth-order valence-corrected chi connectivity index (χ4v) is 3.21. The van der Waals surface area contributed by atoms with Gasteiger partial charge in [0.2, 0.25) is 0 Å². The highest BCUT2D eigenvalue weighted by Gasteiger charge is 2.08. The van der Waals surface area contributed by atoms with E-state index in [1.54, 1.807) is 6.07 Å². The van der Waals surface area contributed by atoms with Crippen molar-refractivity contribution in [1.82, 2.24) is 0 Å². The zero-order chi connectivity index (χ0) is 18.5. The summed E-state index contributed by atoms with van der Waals surface area (Å²) in [5.74, 6) is -0.392. The fourth-order valence-electron chi connectivity index (χ4n) is 2.84. The van der Waals surface area contributed by atoms with Gasteiger partial charge in [0.25, 0.3) is 5.91 Å². The minimum absolute atomic E-state index is 0.287. The first-order valence-electron chi connectivity index (χ1n) is 8.24. The van der Waals surface area contributed by atoms with Gasteiger partial charge in [-0.2, -0.15) is 0 Å². The van der Waals surface area contributed by atoms with Gasteiger partial charge in [-0.3, -0.25) is 4.79 Å². The summed E-state index contributed by atoms with van der Waals surface area (Å²) in [4.78, 5) is 17.3. The maximum absolute atomic E-state index is 12.0. The number of nitrogens with one attached hydrogen (secondary N) is 1.